The molecule has 0 aliphatic heterocycles. The van der Waals surface area contributed by atoms with Gasteiger partial charge in [-0.3, -0.25) is 0 Å². The average Bonchev–Trinajstić information content (AvgIpc) is 3.25. The molecule has 0 fully saturated rings. The summed E-state index contributed by atoms with van der Waals surface area (Å²) in [4.78, 5) is 1.48. The molecule has 3 aromatic rings. The van der Waals surface area contributed by atoms with E-state index in [0.29, 0.717) is 15.0 Å². The first-order valence-electron chi connectivity index (χ1n) is 6.51. The van der Waals surface area contributed by atoms with E-state index in [4.69, 9.17) is 16.0 Å². The topological polar surface area (TPSA) is 79.5 Å². The van der Waals surface area contributed by atoms with Gasteiger partial charge in [-0.25, -0.2) is 13.1 Å². The zero-order chi connectivity index (χ0) is 16.4. The smallest absolute Gasteiger partial charge is 0.250 e. The maximum atomic E-state index is 12.1. The van der Waals surface area contributed by atoms with E-state index in [-0.39, 0.29) is 10.8 Å². The molecule has 0 unspecified atom stereocenters. The third-order valence-corrected chi connectivity index (χ3v) is 7.28. The molecule has 3 aromatic heterocycles. The second-order valence-corrected chi connectivity index (χ2v) is 9.51. The predicted molar refractivity (Wildman–Crippen MR) is 90.4 cm³/mol. The van der Waals surface area contributed by atoms with Crippen molar-refractivity contribution in [1.82, 2.24) is 4.72 Å². The van der Waals surface area contributed by atoms with E-state index >= 15 is 0 Å². The predicted octanol–water partition coefficient (Wildman–Crippen LogP) is 3.62. The molecule has 23 heavy (non-hydrogen) atoms. The Balaban J connectivity index is 1.68. The molecule has 1 atom stereocenters. The Bertz CT molecular complexity index is 883. The van der Waals surface area contributed by atoms with Gasteiger partial charge in [0, 0.05) is 16.3 Å². The van der Waals surface area contributed by atoms with Gasteiger partial charge in [-0.2, -0.15) is 0 Å². The van der Waals surface area contributed by atoms with Gasteiger partial charge < -0.3 is 9.52 Å². The van der Waals surface area contributed by atoms with Crippen molar-refractivity contribution in [2.75, 3.05) is 0 Å². The van der Waals surface area contributed by atoms with Crippen LogP contribution in [0.1, 0.15) is 21.6 Å². The van der Waals surface area contributed by atoms with Crippen LogP contribution in [0.25, 0.3) is 0 Å². The molecule has 0 aliphatic rings. The summed E-state index contributed by atoms with van der Waals surface area (Å²) in [5, 5.41) is 10.2. The second-order valence-electron chi connectivity index (χ2n) is 4.61. The highest BCUT2D eigenvalue weighted by Crippen LogP contribution is 2.29. The first-order chi connectivity index (χ1) is 11.0. The number of nitrogens with one attached hydrogen (secondary N) is 1. The van der Waals surface area contributed by atoms with Crippen molar-refractivity contribution >= 4 is 44.3 Å². The minimum Gasteiger partial charge on any atom is -0.466 e. The Morgan fingerprint density at radius 2 is 2.04 bits per heavy atom. The van der Waals surface area contributed by atoms with Crippen LogP contribution in [0.4, 0.5) is 0 Å². The molecular weight excluding hydrogens is 378 g/mol. The molecule has 9 heteroatoms. The van der Waals surface area contributed by atoms with Crippen LogP contribution in [0.15, 0.2) is 51.3 Å². The molecule has 0 saturated carbocycles. The Hall–Kier alpha value is -1.16. The lowest BCUT2D eigenvalue weighted by atomic mass is 10.2. The van der Waals surface area contributed by atoms with Crippen LogP contribution in [0.3, 0.4) is 0 Å². The van der Waals surface area contributed by atoms with Crippen molar-refractivity contribution in [2.24, 2.45) is 0 Å². The third kappa shape index (κ3) is 3.85. The standard InChI is InChI=1S/C14H12ClNO4S3/c15-12-5-6-13(22-12)23(18,19)16-8-9-3-4-11(21-9)14(17)10-2-1-7-20-10/h1-7,14,16-17H,8H2/t14-/m1/s1. The third-order valence-electron chi connectivity index (χ3n) is 3.01. The Kier molecular flexibility index (Phi) is 4.90. The fourth-order valence-corrected chi connectivity index (χ4v) is 5.48. The number of rotatable bonds is 6. The average molecular weight is 390 g/mol. The Labute approximate surface area is 146 Å². The maximum Gasteiger partial charge on any atom is 0.250 e. The van der Waals surface area contributed by atoms with Gasteiger partial charge in [0.1, 0.15) is 16.1 Å². The lowest BCUT2D eigenvalue weighted by Gasteiger charge is -2.04. The molecule has 0 aliphatic carbocycles. The van der Waals surface area contributed by atoms with E-state index in [0.717, 1.165) is 16.2 Å². The van der Waals surface area contributed by atoms with E-state index in [1.54, 1.807) is 30.3 Å². The van der Waals surface area contributed by atoms with Crippen LogP contribution in [0, 0.1) is 0 Å². The van der Waals surface area contributed by atoms with Crippen LogP contribution in [0.5, 0.6) is 0 Å². The molecule has 5 nitrogen and oxygen atoms in total. The van der Waals surface area contributed by atoms with Crippen LogP contribution in [-0.4, -0.2) is 13.5 Å². The fourth-order valence-electron chi connectivity index (χ4n) is 1.90. The summed E-state index contributed by atoms with van der Waals surface area (Å²) in [5.41, 5.74) is 0. The van der Waals surface area contributed by atoms with Gasteiger partial charge in [-0.05, 0) is 36.4 Å². The molecule has 122 valence electrons. The minimum atomic E-state index is -3.58. The van der Waals surface area contributed by atoms with E-state index in [2.05, 4.69) is 4.72 Å². The second kappa shape index (κ2) is 6.76. The highest BCUT2D eigenvalue weighted by molar-refractivity contribution is 7.91. The summed E-state index contributed by atoms with van der Waals surface area (Å²) in [7, 11) is -3.58. The first kappa shape index (κ1) is 16.7. The highest BCUT2D eigenvalue weighted by Gasteiger charge is 2.18. The van der Waals surface area contributed by atoms with Crippen molar-refractivity contribution in [3.63, 3.8) is 0 Å². The van der Waals surface area contributed by atoms with Crippen molar-refractivity contribution in [3.8, 4) is 0 Å². The van der Waals surface area contributed by atoms with E-state index in [1.165, 1.54) is 23.7 Å². The molecule has 0 radical (unpaired) electrons. The van der Waals surface area contributed by atoms with Gasteiger partial charge in [0.05, 0.1) is 10.6 Å². The zero-order valence-corrected chi connectivity index (χ0v) is 14.8. The quantitative estimate of drug-likeness (QED) is 0.674. The number of hydrogen-bond donors (Lipinski definition) is 2. The van der Waals surface area contributed by atoms with Crippen molar-refractivity contribution in [1.29, 1.82) is 0 Å². The van der Waals surface area contributed by atoms with E-state index in [1.807, 2.05) is 0 Å². The molecule has 0 spiro atoms. The van der Waals surface area contributed by atoms with Gasteiger partial charge in [0.15, 0.2) is 0 Å². The van der Waals surface area contributed by atoms with E-state index < -0.39 is 16.1 Å². The number of furan rings is 1. The first-order valence-corrected chi connectivity index (χ1v) is 10.0. The number of halogens is 1. The van der Waals surface area contributed by atoms with Gasteiger partial charge in [0.2, 0.25) is 10.0 Å². The highest BCUT2D eigenvalue weighted by atomic mass is 35.5. The fraction of sp³-hybridized carbons (Fsp3) is 0.143. The Morgan fingerprint density at radius 3 is 2.70 bits per heavy atom. The minimum absolute atomic E-state index is 0.146. The van der Waals surface area contributed by atoms with Gasteiger partial charge in [-0.1, -0.05) is 11.6 Å². The largest absolute Gasteiger partial charge is 0.466 e. The molecule has 3 rings (SSSR count). The molecule has 0 saturated heterocycles. The van der Waals surface area contributed by atoms with Crippen molar-refractivity contribution < 1.29 is 17.9 Å². The normalized spacial score (nSPS) is 13.3. The molecule has 2 N–H and O–H groups in total. The van der Waals surface area contributed by atoms with Crippen LogP contribution in [0.2, 0.25) is 4.34 Å². The lowest BCUT2D eigenvalue weighted by Crippen LogP contribution is -2.21. The maximum absolute atomic E-state index is 12.1. The van der Waals surface area contributed by atoms with Crippen LogP contribution < -0.4 is 4.72 Å². The van der Waals surface area contributed by atoms with Crippen molar-refractivity contribution in [3.05, 3.63) is 62.5 Å². The van der Waals surface area contributed by atoms with Crippen LogP contribution in [-0.2, 0) is 16.6 Å². The molecular formula is C14H12ClNO4S3. The van der Waals surface area contributed by atoms with Crippen LogP contribution >= 0.6 is 34.3 Å². The number of hydrogen-bond acceptors (Lipinski definition) is 6. The van der Waals surface area contributed by atoms with E-state index in [9.17, 15) is 13.5 Å². The summed E-state index contributed by atoms with van der Waals surface area (Å²) < 4.78 is 32.5. The number of thiophene rings is 2. The summed E-state index contributed by atoms with van der Waals surface area (Å²) in [5.74, 6) is 0.451. The lowest BCUT2D eigenvalue weighted by molar-refractivity contribution is 0.193. The number of aliphatic hydroxyl groups excluding tert-OH is 1. The molecule has 3 heterocycles. The monoisotopic (exact) mass is 389 g/mol. The number of aliphatic hydroxyl groups is 1. The number of sulfonamides is 1. The summed E-state index contributed by atoms with van der Waals surface area (Å²) >= 11 is 8.09. The molecule has 0 amide bonds. The van der Waals surface area contributed by atoms with Gasteiger partial charge >= 0.3 is 0 Å². The Morgan fingerprint density at radius 1 is 1.22 bits per heavy atom. The molecule has 0 aromatic carbocycles. The SMILES string of the molecule is O=S(=O)(NCc1ccc([C@H](O)c2ccco2)s1)c1ccc(Cl)s1. The summed E-state index contributed by atoms with van der Waals surface area (Å²) in [6, 6.07) is 9.93. The summed E-state index contributed by atoms with van der Waals surface area (Å²) in [6.45, 7) is 0.146. The molecule has 0 bridgehead atoms. The zero-order valence-electron chi connectivity index (χ0n) is 11.6. The van der Waals surface area contributed by atoms with Gasteiger partial charge in [0.25, 0.3) is 0 Å². The van der Waals surface area contributed by atoms with Gasteiger partial charge in [-0.15, -0.1) is 22.7 Å². The van der Waals surface area contributed by atoms with Crippen molar-refractivity contribution in [2.45, 2.75) is 16.9 Å². The summed E-state index contributed by atoms with van der Waals surface area (Å²) in [6.07, 6.45) is 0.643.